The third kappa shape index (κ3) is 4.41. The number of carboxylic acids is 1. The SMILES string of the molecule is COc1ccccc1-c1cc(C#N)c(C(=O)N2[C@@H](c3ccccc3Cl)CC[C@H]2C(=O)O)c(OC)c1. The molecule has 0 aliphatic carbocycles. The fourth-order valence-corrected chi connectivity index (χ4v) is 4.90. The van der Waals surface area contributed by atoms with Crippen molar-refractivity contribution in [2.24, 2.45) is 0 Å². The van der Waals surface area contributed by atoms with Crippen LogP contribution in [0.5, 0.6) is 11.5 Å². The third-order valence-electron chi connectivity index (χ3n) is 6.24. The van der Waals surface area contributed by atoms with Crippen LogP contribution in [-0.2, 0) is 4.79 Å². The number of benzene rings is 3. The minimum atomic E-state index is -1.11. The fraction of sp³-hybridized carbons (Fsp3) is 0.222. The maximum absolute atomic E-state index is 14.0. The van der Waals surface area contributed by atoms with E-state index in [2.05, 4.69) is 6.07 Å². The number of ether oxygens (including phenoxy) is 2. The molecule has 7 nitrogen and oxygen atoms in total. The molecule has 35 heavy (non-hydrogen) atoms. The van der Waals surface area contributed by atoms with Gasteiger partial charge in [-0.3, -0.25) is 4.79 Å². The number of hydrogen-bond acceptors (Lipinski definition) is 5. The zero-order valence-corrected chi connectivity index (χ0v) is 20.0. The summed E-state index contributed by atoms with van der Waals surface area (Å²) >= 11 is 6.41. The van der Waals surface area contributed by atoms with E-state index >= 15 is 0 Å². The highest BCUT2D eigenvalue weighted by Gasteiger charge is 2.44. The largest absolute Gasteiger partial charge is 0.496 e. The second-order valence-electron chi connectivity index (χ2n) is 8.09. The molecule has 3 aromatic carbocycles. The first-order chi connectivity index (χ1) is 16.9. The first kappa shape index (κ1) is 24.1. The number of nitrogens with zero attached hydrogens (tertiary/aromatic N) is 2. The zero-order valence-electron chi connectivity index (χ0n) is 19.2. The van der Waals surface area contributed by atoms with Crippen LogP contribution in [0.15, 0.2) is 60.7 Å². The number of amides is 1. The number of methoxy groups -OCH3 is 2. The van der Waals surface area contributed by atoms with Crippen molar-refractivity contribution in [1.82, 2.24) is 4.90 Å². The smallest absolute Gasteiger partial charge is 0.326 e. The van der Waals surface area contributed by atoms with Gasteiger partial charge in [0.1, 0.15) is 23.6 Å². The lowest BCUT2D eigenvalue weighted by atomic mass is 9.96. The van der Waals surface area contributed by atoms with E-state index in [1.165, 1.54) is 12.0 Å². The number of hydrogen-bond donors (Lipinski definition) is 1. The minimum absolute atomic E-state index is 0.0128. The predicted octanol–water partition coefficient (Wildman–Crippen LogP) is 5.33. The van der Waals surface area contributed by atoms with Crippen molar-refractivity contribution in [1.29, 1.82) is 5.26 Å². The average Bonchev–Trinajstić information content (AvgIpc) is 3.33. The van der Waals surface area contributed by atoms with E-state index < -0.39 is 24.0 Å². The van der Waals surface area contributed by atoms with Gasteiger partial charge in [-0.25, -0.2) is 4.79 Å². The summed E-state index contributed by atoms with van der Waals surface area (Å²) < 4.78 is 11.0. The Kier molecular flexibility index (Phi) is 6.94. The zero-order chi connectivity index (χ0) is 25.1. The lowest BCUT2D eigenvalue weighted by Gasteiger charge is -2.30. The van der Waals surface area contributed by atoms with Crippen molar-refractivity contribution in [3.63, 3.8) is 0 Å². The number of nitriles is 1. The predicted molar refractivity (Wildman–Crippen MR) is 131 cm³/mol. The molecule has 1 aliphatic rings. The first-order valence-corrected chi connectivity index (χ1v) is 11.3. The van der Waals surface area contributed by atoms with Crippen molar-refractivity contribution in [2.45, 2.75) is 24.9 Å². The van der Waals surface area contributed by atoms with E-state index in [0.29, 0.717) is 28.3 Å². The Bertz CT molecular complexity index is 1330. The van der Waals surface area contributed by atoms with E-state index in [1.54, 1.807) is 49.6 Å². The van der Waals surface area contributed by atoms with Crippen LogP contribution in [0.2, 0.25) is 5.02 Å². The minimum Gasteiger partial charge on any atom is -0.496 e. The second-order valence-corrected chi connectivity index (χ2v) is 8.50. The molecule has 3 aromatic rings. The molecule has 4 rings (SSSR count). The number of likely N-dealkylation sites (tertiary alicyclic amines) is 1. The summed E-state index contributed by atoms with van der Waals surface area (Å²) in [6.07, 6.45) is 0.691. The summed E-state index contributed by atoms with van der Waals surface area (Å²) in [5.74, 6) is -0.943. The lowest BCUT2D eigenvalue weighted by Crippen LogP contribution is -2.42. The van der Waals surface area contributed by atoms with Gasteiger partial charge in [0.25, 0.3) is 5.91 Å². The van der Waals surface area contributed by atoms with Crippen LogP contribution in [0.4, 0.5) is 0 Å². The Labute approximate surface area is 208 Å². The number of halogens is 1. The Hall–Kier alpha value is -4.02. The molecular weight excluding hydrogens is 468 g/mol. The molecular formula is C27H23ClN2O5. The monoisotopic (exact) mass is 490 g/mol. The van der Waals surface area contributed by atoms with E-state index in [-0.39, 0.29) is 23.3 Å². The van der Waals surface area contributed by atoms with Gasteiger partial charge in [0, 0.05) is 10.6 Å². The van der Waals surface area contributed by atoms with Gasteiger partial charge in [-0.15, -0.1) is 0 Å². The average molecular weight is 491 g/mol. The van der Waals surface area contributed by atoms with E-state index in [9.17, 15) is 20.0 Å². The Morgan fingerprint density at radius 1 is 1.03 bits per heavy atom. The highest BCUT2D eigenvalue weighted by atomic mass is 35.5. The summed E-state index contributed by atoms with van der Waals surface area (Å²) in [5.41, 5.74) is 2.10. The summed E-state index contributed by atoms with van der Waals surface area (Å²) in [7, 11) is 2.96. The topological polar surface area (TPSA) is 99.9 Å². The molecule has 8 heteroatoms. The third-order valence-corrected chi connectivity index (χ3v) is 6.59. The van der Waals surface area contributed by atoms with E-state index in [0.717, 1.165) is 5.56 Å². The number of para-hydroxylation sites is 1. The maximum atomic E-state index is 14.0. The second kappa shape index (κ2) is 10.1. The molecule has 1 aliphatic heterocycles. The molecule has 0 unspecified atom stereocenters. The molecule has 1 fully saturated rings. The van der Waals surface area contributed by atoms with Crippen LogP contribution in [0.1, 0.15) is 40.4 Å². The Morgan fingerprint density at radius 3 is 2.37 bits per heavy atom. The number of rotatable bonds is 6. The Balaban J connectivity index is 1.86. The number of carbonyl (C=O) groups excluding carboxylic acids is 1. The highest BCUT2D eigenvalue weighted by molar-refractivity contribution is 6.31. The van der Waals surface area contributed by atoms with Crippen LogP contribution in [0.3, 0.4) is 0 Å². The van der Waals surface area contributed by atoms with Crippen LogP contribution >= 0.6 is 11.6 Å². The van der Waals surface area contributed by atoms with Crippen molar-refractivity contribution >= 4 is 23.5 Å². The van der Waals surface area contributed by atoms with Crippen molar-refractivity contribution in [3.8, 4) is 28.7 Å². The van der Waals surface area contributed by atoms with E-state index in [1.807, 2.05) is 18.2 Å². The number of carboxylic acid groups (broad SMARTS) is 1. The van der Waals surface area contributed by atoms with Crippen molar-refractivity contribution in [2.75, 3.05) is 14.2 Å². The van der Waals surface area contributed by atoms with Gasteiger partial charge >= 0.3 is 5.97 Å². The van der Waals surface area contributed by atoms with Gasteiger partial charge in [-0.05, 0) is 48.2 Å². The molecule has 1 saturated heterocycles. The summed E-state index contributed by atoms with van der Waals surface area (Å²) in [6, 6.07) is 18.1. The Morgan fingerprint density at radius 2 is 1.71 bits per heavy atom. The van der Waals surface area contributed by atoms with Gasteiger partial charge in [-0.1, -0.05) is 48.0 Å². The number of carbonyl (C=O) groups is 2. The molecule has 0 bridgehead atoms. The molecule has 1 amide bonds. The molecule has 0 aromatic heterocycles. The molecule has 0 radical (unpaired) electrons. The normalized spacial score (nSPS) is 17.0. The first-order valence-electron chi connectivity index (χ1n) is 11.0. The number of aliphatic carboxylic acids is 1. The van der Waals surface area contributed by atoms with Crippen LogP contribution < -0.4 is 9.47 Å². The van der Waals surface area contributed by atoms with Gasteiger partial charge in [0.2, 0.25) is 0 Å². The van der Waals surface area contributed by atoms with Crippen LogP contribution in [0, 0.1) is 11.3 Å². The van der Waals surface area contributed by atoms with Crippen LogP contribution in [0.25, 0.3) is 11.1 Å². The lowest BCUT2D eigenvalue weighted by molar-refractivity contribution is -0.141. The maximum Gasteiger partial charge on any atom is 0.326 e. The summed E-state index contributed by atoms with van der Waals surface area (Å²) in [6.45, 7) is 0. The summed E-state index contributed by atoms with van der Waals surface area (Å²) in [4.78, 5) is 27.4. The molecule has 0 spiro atoms. The standard InChI is InChI=1S/C27H23ClN2O5/c1-34-23-10-6-4-7-18(23)16-13-17(15-29)25(24(14-16)35-2)26(31)30-21(11-12-22(30)27(32)33)19-8-3-5-9-20(19)28/h3-10,13-14,21-22H,11-12H2,1-2H3,(H,32,33)/t21-,22+/m1/s1. The van der Waals surface area contributed by atoms with Crippen molar-refractivity contribution < 1.29 is 24.2 Å². The van der Waals surface area contributed by atoms with Gasteiger partial charge in [0.15, 0.2) is 0 Å². The van der Waals surface area contributed by atoms with Gasteiger partial charge in [0.05, 0.1) is 31.4 Å². The highest BCUT2D eigenvalue weighted by Crippen LogP contribution is 2.42. The van der Waals surface area contributed by atoms with E-state index in [4.69, 9.17) is 21.1 Å². The molecule has 1 N–H and O–H groups in total. The molecule has 2 atom stereocenters. The van der Waals surface area contributed by atoms with Crippen molar-refractivity contribution in [3.05, 3.63) is 82.4 Å². The molecule has 1 heterocycles. The fourth-order valence-electron chi connectivity index (χ4n) is 4.64. The molecule has 178 valence electrons. The quantitative estimate of drug-likeness (QED) is 0.501. The molecule has 0 saturated carbocycles. The summed E-state index contributed by atoms with van der Waals surface area (Å²) in [5, 5.41) is 20.3. The van der Waals surface area contributed by atoms with Crippen LogP contribution in [-0.4, -0.2) is 42.1 Å². The van der Waals surface area contributed by atoms with Gasteiger partial charge in [-0.2, -0.15) is 5.26 Å². The van der Waals surface area contributed by atoms with Gasteiger partial charge < -0.3 is 19.5 Å².